The van der Waals surface area contributed by atoms with Crippen LogP contribution in [0.25, 0.3) is 0 Å². The van der Waals surface area contributed by atoms with E-state index in [0.717, 1.165) is 6.42 Å². The van der Waals surface area contributed by atoms with Crippen LogP contribution in [0.2, 0.25) is 0 Å². The van der Waals surface area contributed by atoms with Crippen LogP contribution in [0.15, 0.2) is 11.6 Å². The Morgan fingerprint density at radius 3 is 2.29 bits per heavy atom. The van der Waals surface area contributed by atoms with Crippen molar-refractivity contribution < 1.29 is 5.11 Å². The SMILES string of the molecule is CC.CC(C)=CC1CCCC(O)C1C. The summed E-state index contributed by atoms with van der Waals surface area (Å²) in [6, 6.07) is 0. The third-order valence-corrected chi connectivity index (χ3v) is 2.87. The van der Waals surface area contributed by atoms with Crippen LogP contribution in [-0.4, -0.2) is 11.2 Å². The van der Waals surface area contributed by atoms with Gasteiger partial charge in [-0.25, -0.2) is 0 Å². The summed E-state index contributed by atoms with van der Waals surface area (Å²) in [5, 5.41) is 9.63. The van der Waals surface area contributed by atoms with Crippen molar-refractivity contribution in [1.82, 2.24) is 0 Å². The summed E-state index contributed by atoms with van der Waals surface area (Å²) in [4.78, 5) is 0. The Kier molecular flexibility index (Phi) is 6.90. The topological polar surface area (TPSA) is 20.2 Å². The summed E-state index contributed by atoms with van der Waals surface area (Å²) in [6.07, 6.45) is 5.67. The fourth-order valence-electron chi connectivity index (χ4n) is 2.04. The third-order valence-electron chi connectivity index (χ3n) is 2.87. The molecule has 0 heterocycles. The number of aliphatic hydroxyl groups excluding tert-OH is 1. The van der Waals surface area contributed by atoms with Gasteiger partial charge in [-0.3, -0.25) is 0 Å². The fourth-order valence-corrected chi connectivity index (χ4v) is 2.04. The van der Waals surface area contributed by atoms with Crippen LogP contribution in [0.1, 0.15) is 53.9 Å². The minimum absolute atomic E-state index is 0.0700. The van der Waals surface area contributed by atoms with E-state index in [-0.39, 0.29) is 6.10 Å². The van der Waals surface area contributed by atoms with Crippen LogP contribution in [0.5, 0.6) is 0 Å². The van der Waals surface area contributed by atoms with Gasteiger partial charge >= 0.3 is 0 Å². The van der Waals surface area contributed by atoms with E-state index in [1.165, 1.54) is 18.4 Å². The molecule has 0 aromatic carbocycles. The van der Waals surface area contributed by atoms with Gasteiger partial charge in [0.25, 0.3) is 0 Å². The maximum absolute atomic E-state index is 9.63. The number of hydrogen-bond donors (Lipinski definition) is 1. The van der Waals surface area contributed by atoms with Gasteiger partial charge < -0.3 is 5.11 Å². The highest BCUT2D eigenvalue weighted by molar-refractivity contribution is 5.01. The summed E-state index contributed by atoms with van der Waals surface area (Å²) in [6.45, 7) is 10.4. The summed E-state index contributed by atoms with van der Waals surface area (Å²) in [5.74, 6) is 1.06. The molecular formula is C13H26O. The van der Waals surface area contributed by atoms with Crippen molar-refractivity contribution in [2.75, 3.05) is 0 Å². The lowest BCUT2D eigenvalue weighted by Crippen LogP contribution is -2.29. The first-order chi connectivity index (χ1) is 6.61. The number of allylic oxidation sites excluding steroid dienone is 2. The van der Waals surface area contributed by atoms with E-state index < -0.39 is 0 Å². The highest BCUT2D eigenvalue weighted by Gasteiger charge is 2.26. The quantitative estimate of drug-likeness (QED) is 0.636. The van der Waals surface area contributed by atoms with E-state index in [4.69, 9.17) is 0 Å². The zero-order valence-electron chi connectivity index (χ0n) is 10.4. The Morgan fingerprint density at radius 2 is 1.79 bits per heavy atom. The molecule has 0 radical (unpaired) electrons. The molecule has 1 saturated carbocycles. The monoisotopic (exact) mass is 198 g/mol. The molecule has 0 aromatic heterocycles. The molecule has 0 aromatic rings. The van der Waals surface area contributed by atoms with Crippen LogP contribution >= 0.6 is 0 Å². The van der Waals surface area contributed by atoms with Gasteiger partial charge in [0.15, 0.2) is 0 Å². The molecule has 1 heteroatoms. The maximum Gasteiger partial charge on any atom is 0.0571 e. The van der Waals surface area contributed by atoms with Crippen LogP contribution in [-0.2, 0) is 0 Å². The molecule has 0 spiro atoms. The van der Waals surface area contributed by atoms with Crippen molar-refractivity contribution in [1.29, 1.82) is 0 Å². The zero-order chi connectivity index (χ0) is 11.1. The molecule has 0 saturated heterocycles. The summed E-state index contributed by atoms with van der Waals surface area (Å²) in [5.41, 5.74) is 1.38. The smallest absolute Gasteiger partial charge is 0.0571 e. The molecule has 3 unspecified atom stereocenters. The van der Waals surface area contributed by atoms with Crippen molar-refractivity contribution in [3.05, 3.63) is 11.6 Å². The molecule has 3 atom stereocenters. The average molecular weight is 198 g/mol. The van der Waals surface area contributed by atoms with E-state index in [1.807, 2.05) is 13.8 Å². The van der Waals surface area contributed by atoms with Crippen LogP contribution in [0, 0.1) is 11.8 Å². The molecule has 1 aliphatic rings. The lowest BCUT2D eigenvalue weighted by molar-refractivity contribution is 0.0568. The second-order valence-corrected chi connectivity index (χ2v) is 4.27. The van der Waals surface area contributed by atoms with Gasteiger partial charge in [0.1, 0.15) is 0 Å². The Hall–Kier alpha value is -0.300. The Balaban J connectivity index is 0.000000791. The van der Waals surface area contributed by atoms with E-state index in [9.17, 15) is 5.11 Å². The average Bonchev–Trinajstić information content (AvgIpc) is 2.16. The van der Waals surface area contributed by atoms with Crippen molar-refractivity contribution >= 4 is 0 Å². The zero-order valence-corrected chi connectivity index (χ0v) is 10.4. The molecule has 1 aliphatic carbocycles. The highest BCUT2D eigenvalue weighted by atomic mass is 16.3. The molecule has 0 amide bonds. The number of hydrogen-bond acceptors (Lipinski definition) is 1. The molecule has 0 aliphatic heterocycles. The summed E-state index contributed by atoms with van der Waals surface area (Å²) in [7, 11) is 0. The van der Waals surface area contributed by atoms with Crippen molar-refractivity contribution in [3.8, 4) is 0 Å². The molecule has 1 fully saturated rings. The molecule has 1 nitrogen and oxygen atoms in total. The van der Waals surface area contributed by atoms with Crippen LogP contribution in [0.3, 0.4) is 0 Å². The molecule has 1 N–H and O–H groups in total. The van der Waals surface area contributed by atoms with E-state index >= 15 is 0 Å². The minimum atomic E-state index is -0.0700. The predicted octanol–water partition coefficient (Wildman–Crippen LogP) is 3.78. The minimum Gasteiger partial charge on any atom is -0.393 e. The van der Waals surface area contributed by atoms with Crippen LogP contribution < -0.4 is 0 Å². The highest BCUT2D eigenvalue weighted by Crippen LogP contribution is 2.31. The first kappa shape index (κ1) is 13.7. The van der Waals surface area contributed by atoms with Crippen molar-refractivity contribution in [2.24, 2.45) is 11.8 Å². The summed E-state index contributed by atoms with van der Waals surface area (Å²) < 4.78 is 0. The predicted molar refractivity (Wildman–Crippen MR) is 63.3 cm³/mol. The van der Waals surface area contributed by atoms with Gasteiger partial charge in [-0.1, -0.05) is 38.8 Å². The van der Waals surface area contributed by atoms with Gasteiger partial charge in [-0.15, -0.1) is 0 Å². The van der Waals surface area contributed by atoms with Crippen molar-refractivity contribution in [3.63, 3.8) is 0 Å². The molecule has 1 rings (SSSR count). The number of rotatable bonds is 1. The Morgan fingerprint density at radius 1 is 1.21 bits per heavy atom. The first-order valence-corrected chi connectivity index (χ1v) is 5.94. The summed E-state index contributed by atoms with van der Waals surface area (Å²) >= 11 is 0. The second-order valence-electron chi connectivity index (χ2n) is 4.27. The third kappa shape index (κ3) is 4.28. The number of aliphatic hydroxyl groups is 1. The van der Waals surface area contributed by atoms with Crippen LogP contribution in [0.4, 0.5) is 0 Å². The van der Waals surface area contributed by atoms with Gasteiger partial charge in [-0.05, 0) is 38.5 Å². The van der Waals surface area contributed by atoms with E-state index in [0.29, 0.717) is 11.8 Å². The normalized spacial score (nSPS) is 31.4. The molecular weight excluding hydrogens is 172 g/mol. The second kappa shape index (κ2) is 7.05. The van der Waals surface area contributed by atoms with Crippen molar-refractivity contribution in [2.45, 2.75) is 60.0 Å². The van der Waals surface area contributed by atoms with Gasteiger partial charge in [0.05, 0.1) is 6.10 Å². The largest absolute Gasteiger partial charge is 0.393 e. The fraction of sp³-hybridized carbons (Fsp3) is 0.846. The van der Waals surface area contributed by atoms with E-state index in [1.54, 1.807) is 0 Å². The first-order valence-electron chi connectivity index (χ1n) is 5.94. The van der Waals surface area contributed by atoms with E-state index in [2.05, 4.69) is 26.8 Å². The lowest BCUT2D eigenvalue weighted by Gasteiger charge is -2.31. The van der Waals surface area contributed by atoms with Gasteiger partial charge in [0.2, 0.25) is 0 Å². The maximum atomic E-state index is 9.63. The standard InChI is InChI=1S/C11H20O.C2H6/c1-8(2)7-10-5-4-6-11(12)9(10)3;1-2/h7,9-12H,4-6H2,1-3H3;1-2H3. The van der Waals surface area contributed by atoms with Gasteiger partial charge in [0, 0.05) is 0 Å². The Labute approximate surface area is 89.2 Å². The molecule has 0 bridgehead atoms. The Bertz CT molecular complexity index is 168. The molecule has 14 heavy (non-hydrogen) atoms. The van der Waals surface area contributed by atoms with Gasteiger partial charge in [-0.2, -0.15) is 0 Å². The molecule has 84 valence electrons. The lowest BCUT2D eigenvalue weighted by atomic mass is 9.78.